The molecule has 0 unspecified atom stereocenters. The second kappa shape index (κ2) is 11.4. The van der Waals surface area contributed by atoms with Crippen molar-refractivity contribution >= 4 is 40.6 Å². The molecule has 6 fully saturated rings. The van der Waals surface area contributed by atoms with Gasteiger partial charge in [0.05, 0.1) is 11.8 Å². The Morgan fingerprint density at radius 1 is 1.08 bits per heavy atom. The standard InChI is InChI=1S/C36H45IN2O12/c1-19(2)33(45)27(50-26(41)23-10-7-14-38-23)34(46)29(4)18-32(44)30(33,5)36(34,47)35(51-32)25(20(3)11-13-31(29,35)43)49-24(40)12-15-39-28(42)48-17-21-8-6-9-22(37)16-21/h6-10,14,16,19-20,25,27,38,43-47H,11-13,15,17-18H2,1-5H3,(H,39,42)/t20-,25+,27+,29-,30-,31-,32-,33+,34+,35+,36+/m0/s1. The zero-order chi connectivity index (χ0) is 37.2. The molecule has 11 atom stereocenters. The number of hydrogen-bond donors (Lipinski definition) is 7. The number of carbonyl (C=O) groups is 3. The van der Waals surface area contributed by atoms with E-state index < -0.39 is 93.1 Å². The molecule has 7 N–H and O–H groups in total. The lowest BCUT2D eigenvalue weighted by atomic mass is 9.52. The van der Waals surface area contributed by atoms with Gasteiger partial charge < -0.3 is 54.8 Å². The number of aliphatic hydroxyl groups is 5. The van der Waals surface area contributed by atoms with Gasteiger partial charge in [-0.05, 0) is 84.0 Å². The predicted molar refractivity (Wildman–Crippen MR) is 184 cm³/mol. The normalized spacial score (nSPS) is 44.4. The van der Waals surface area contributed by atoms with E-state index in [1.54, 1.807) is 26.8 Å². The van der Waals surface area contributed by atoms with Gasteiger partial charge >= 0.3 is 18.0 Å². The zero-order valence-corrected chi connectivity index (χ0v) is 31.2. The summed E-state index contributed by atoms with van der Waals surface area (Å²) < 4.78 is 24.8. The number of aromatic amines is 1. The molecule has 1 aromatic carbocycles. The molecule has 3 heterocycles. The van der Waals surface area contributed by atoms with Crippen LogP contribution in [-0.4, -0.2) is 101 Å². The Balaban J connectivity index is 1.22. The number of benzene rings is 1. The van der Waals surface area contributed by atoms with Crippen molar-refractivity contribution in [3.8, 4) is 0 Å². The van der Waals surface area contributed by atoms with Crippen LogP contribution in [0.5, 0.6) is 0 Å². The van der Waals surface area contributed by atoms with Crippen molar-refractivity contribution in [2.45, 2.75) is 113 Å². The van der Waals surface area contributed by atoms with E-state index in [0.717, 1.165) is 9.13 Å². The molecule has 1 spiro atoms. The first kappa shape index (κ1) is 36.6. The summed E-state index contributed by atoms with van der Waals surface area (Å²) in [5, 5.41) is 67.5. The topological polar surface area (TPSA) is 217 Å². The Bertz CT molecular complexity index is 1780. The van der Waals surface area contributed by atoms with Crippen LogP contribution in [0.25, 0.3) is 0 Å². The Kier molecular flexibility index (Phi) is 8.14. The SMILES string of the molecule is CC(C)[C@@]1(O)[C@@H](OC(=O)c2ccc[nH]2)[C@@]2(O)[C@@]3(C)C[C@]4(O)O[C@@]5([C@H](OC(=O)CCNC(=O)OCc6cccc(I)c6)[C@@H](C)CC[C@]35O)[C@@]2(O)[C@]14C. The maximum absolute atomic E-state index is 13.5. The van der Waals surface area contributed by atoms with Gasteiger partial charge in [0.25, 0.3) is 0 Å². The molecule has 4 saturated carbocycles. The van der Waals surface area contributed by atoms with Gasteiger partial charge in [0, 0.05) is 28.1 Å². The van der Waals surface area contributed by atoms with Crippen LogP contribution >= 0.6 is 22.6 Å². The maximum atomic E-state index is 13.5. The van der Waals surface area contributed by atoms with Crippen LogP contribution in [0.2, 0.25) is 0 Å². The van der Waals surface area contributed by atoms with Crippen LogP contribution in [0.4, 0.5) is 4.79 Å². The van der Waals surface area contributed by atoms with Gasteiger partial charge in [0.15, 0.2) is 17.5 Å². The van der Waals surface area contributed by atoms with Crippen molar-refractivity contribution in [3.63, 3.8) is 0 Å². The predicted octanol–water partition coefficient (Wildman–Crippen LogP) is 2.28. The molecule has 6 bridgehead atoms. The average Bonchev–Trinajstić information content (AvgIpc) is 3.69. The van der Waals surface area contributed by atoms with E-state index in [1.807, 2.05) is 24.3 Å². The highest BCUT2D eigenvalue weighted by atomic mass is 127. The summed E-state index contributed by atoms with van der Waals surface area (Å²) in [5.74, 6) is -5.60. The third-order valence-electron chi connectivity index (χ3n) is 13.4. The Morgan fingerprint density at radius 2 is 1.80 bits per heavy atom. The summed E-state index contributed by atoms with van der Waals surface area (Å²) in [6.45, 7) is 7.65. The van der Waals surface area contributed by atoms with Crippen molar-refractivity contribution in [1.82, 2.24) is 10.3 Å². The third-order valence-corrected chi connectivity index (χ3v) is 14.1. The first-order chi connectivity index (χ1) is 23.8. The second-order valence-corrected chi connectivity index (χ2v) is 17.0. The van der Waals surface area contributed by atoms with Crippen molar-refractivity contribution in [1.29, 1.82) is 0 Å². The fourth-order valence-electron chi connectivity index (χ4n) is 11.0. The Hall–Kier alpha value is -2.80. The number of carbonyl (C=O) groups excluding carboxylic acids is 3. The quantitative estimate of drug-likeness (QED) is 0.110. The summed E-state index contributed by atoms with van der Waals surface area (Å²) in [5.41, 5.74) is -15.5. The van der Waals surface area contributed by atoms with Gasteiger partial charge in [-0.15, -0.1) is 0 Å². The highest BCUT2D eigenvalue weighted by Crippen LogP contribution is 2.90. The zero-order valence-electron chi connectivity index (χ0n) is 29.1. The van der Waals surface area contributed by atoms with Gasteiger partial charge in [-0.1, -0.05) is 39.8 Å². The fraction of sp³-hybridized carbons (Fsp3) is 0.639. The van der Waals surface area contributed by atoms with E-state index in [2.05, 4.69) is 32.9 Å². The van der Waals surface area contributed by atoms with E-state index >= 15 is 0 Å². The molecule has 8 rings (SSSR count). The highest BCUT2D eigenvalue weighted by molar-refractivity contribution is 14.1. The van der Waals surface area contributed by atoms with Crippen LogP contribution in [0.1, 0.15) is 76.4 Å². The average molecular weight is 825 g/mol. The van der Waals surface area contributed by atoms with Crippen molar-refractivity contribution in [3.05, 3.63) is 57.4 Å². The van der Waals surface area contributed by atoms with E-state index in [1.165, 1.54) is 26.1 Å². The molecule has 2 aromatic rings. The molecule has 1 aromatic heterocycles. The first-order valence-electron chi connectivity index (χ1n) is 17.3. The summed E-state index contributed by atoms with van der Waals surface area (Å²) in [4.78, 5) is 42.2. The number of halogens is 1. The maximum Gasteiger partial charge on any atom is 0.407 e. The van der Waals surface area contributed by atoms with E-state index in [9.17, 15) is 39.9 Å². The van der Waals surface area contributed by atoms with Crippen LogP contribution in [-0.2, 0) is 30.3 Å². The number of aromatic nitrogens is 1. The molecule has 51 heavy (non-hydrogen) atoms. The van der Waals surface area contributed by atoms with Gasteiger partial charge in [-0.3, -0.25) is 4.79 Å². The molecular weight excluding hydrogens is 779 g/mol. The minimum absolute atomic E-state index is 0.0166. The van der Waals surface area contributed by atoms with Crippen molar-refractivity contribution < 1.29 is 58.9 Å². The molecule has 4 aliphatic carbocycles. The third kappa shape index (κ3) is 4.00. The lowest BCUT2D eigenvalue weighted by molar-refractivity contribution is -0.390. The molecule has 14 nitrogen and oxygen atoms in total. The summed E-state index contributed by atoms with van der Waals surface area (Å²) in [7, 11) is 0. The van der Waals surface area contributed by atoms with Gasteiger partial charge in [0.1, 0.15) is 40.8 Å². The molecule has 2 aliphatic heterocycles. The van der Waals surface area contributed by atoms with Crippen LogP contribution < -0.4 is 5.32 Å². The van der Waals surface area contributed by atoms with Gasteiger partial charge in [-0.2, -0.15) is 0 Å². The highest BCUT2D eigenvalue weighted by Gasteiger charge is 3.10. The van der Waals surface area contributed by atoms with E-state index in [0.29, 0.717) is 0 Å². The molecule has 6 aliphatic rings. The number of H-pyrrole nitrogens is 1. The molecule has 1 amide bonds. The fourth-order valence-corrected chi connectivity index (χ4v) is 11.6. The smallest absolute Gasteiger partial charge is 0.407 e. The number of hydrogen-bond acceptors (Lipinski definition) is 12. The van der Waals surface area contributed by atoms with Crippen LogP contribution in [0.15, 0.2) is 42.6 Å². The lowest BCUT2D eigenvalue weighted by Crippen LogP contribution is -2.75. The molecule has 2 saturated heterocycles. The minimum atomic E-state index is -2.75. The van der Waals surface area contributed by atoms with Crippen molar-refractivity contribution in [2.24, 2.45) is 22.7 Å². The summed E-state index contributed by atoms with van der Waals surface area (Å²) in [6.07, 6.45) is -3.14. The number of esters is 2. The van der Waals surface area contributed by atoms with Gasteiger partial charge in [-0.25, -0.2) is 9.59 Å². The monoisotopic (exact) mass is 824 g/mol. The van der Waals surface area contributed by atoms with Crippen LogP contribution in [0, 0.1) is 26.2 Å². The number of ether oxygens (including phenoxy) is 4. The Labute approximate surface area is 308 Å². The summed E-state index contributed by atoms with van der Waals surface area (Å²) >= 11 is 2.15. The molecule has 278 valence electrons. The lowest BCUT2D eigenvalue weighted by Gasteiger charge is -2.61. The van der Waals surface area contributed by atoms with E-state index in [-0.39, 0.29) is 38.1 Å². The molecule has 15 heteroatoms. The number of alkyl carbamates (subject to hydrolysis) is 1. The van der Waals surface area contributed by atoms with Crippen LogP contribution in [0.3, 0.4) is 0 Å². The Morgan fingerprint density at radius 3 is 2.45 bits per heavy atom. The number of amides is 1. The van der Waals surface area contributed by atoms with Gasteiger partial charge in [0.2, 0.25) is 0 Å². The van der Waals surface area contributed by atoms with Crippen molar-refractivity contribution in [2.75, 3.05) is 6.54 Å². The molecule has 0 radical (unpaired) electrons. The second-order valence-electron chi connectivity index (χ2n) is 15.8. The first-order valence-corrected chi connectivity index (χ1v) is 18.3. The summed E-state index contributed by atoms with van der Waals surface area (Å²) in [6, 6.07) is 10.4. The number of nitrogens with one attached hydrogen (secondary N) is 2. The largest absolute Gasteiger partial charge is 0.459 e. The minimum Gasteiger partial charge on any atom is -0.459 e. The van der Waals surface area contributed by atoms with E-state index in [4.69, 9.17) is 18.9 Å². The number of rotatable bonds is 9. The molecular formula is C36H45IN2O12.